The number of carbonyl (C=O) groups is 2. The summed E-state index contributed by atoms with van der Waals surface area (Å²) in [7, 11) is -4.73. The molecule has 0 saturated heterocycles. The first-order chi connectivity index (χ1) is 9.20. The van der Waals surface area contributed by atoms with Gasteiger partial charge in [-0.15, -0.1) is 0 Å². The second kappa shape index (κ2) is 4.58. The second-order valence-corrected chi connectivity index (χ2v) is 5.39. The van der Waals surface area contributed by atoms with Crippen LogP contribution in [0.3, 0.4) is 0 Å². The summed E-state index contributed by atoms with van der Waals surface area (Å²) < 4.78 is 31.4. The number of carboxylic acid groups (broad SMARTS) is 2. The van der Waals surface area contributed by atoms with Gasteiger partial charge < -0.3 is 10.2 Å². The van der Waals surface area contributed by atoms with E-state index in [2.05, 4.69) is 0 Å². The number of aromatic carboxylic acids is 2. The Balaban J connectivity index is 2.86. The van der Waals surface area contributed by atoms with Crippen LogP contribution in [0.25, 0.3) is 10.8 Å². The first kappa shape index (κ1) is 14.0. The van der Waals surface area contributed by atoms with E-state index in [1.54, 1.807) is 0 Å². The number of rotatable bonds is 3. The molecule has 0 heterocycles. The maximum atomic E-state index is 11.2. The lowest BCUT2D eigenvalue weighted by molar-refractivity contribution is 0.0683. The van der Waals surface area contributed by atoms with E-state index in [0.717, 1.165) is 12.1 Å². The lowest BCUT2D eigenvalue weighted by Crippen LogP contribution is -2.08. The summed E-state index contributed by atoms with van der Waals surface area (Å²) in [5.41, 5.74) is -0.662. The number of hydrogen-bond acceptors (Lipinski definition) is 4. The van der Waals surface area contributed by atoms with Crippen LogP contribution in [-0.4, -0.2) is 35.1 Å². The van der Waals surface area contributed by atoms with Crippen molar-refractivity contribution in [1.29, 1.82) is 0 Å². The van der Waals surface area contributed by atoms with Crippen molar-refractivity contribution in [2.24, 2.45) is 0 Å². The quantitative estimate of drug-likeness (QED) is 0.731. The zero-order valence-electron chi connectivity index (χ0n) is 9.77. The van der Waals surface area contributed by atoms with Crippen molar-refractivity contribution in [1.82, 2.24) is 0 Å². The summed E-state index contributed by atoms with van der Waals surface area (Å²) in [4.78, 5) is 21.1. The van der Waals surface area contributed by atoms with Gasteiger partial charge >= 0.3 is 11.9 Å². The Hall–Kier alpha value is -2.45. The molecular weight excluding hydrogens is 288 g/mol. The average Bonchev–Trinajstić information content (AvgIpc) is 2.35. The molecule has 7 nitrogen and oxygen atoms in total. The zero-order valence-corrected chi connectivity index (χ0v) is 10.6. The van der Waals surface area contributed by atoms with Crippen LogP contribution in [-0.2, 0) is 10.1 Å². The molecule has 0 aliphatic rings. The summed E-state index contributed by atoms with van der Waals surface area (Å²) >= 11 is 0. The predicted molar refractivity (Wildman–Crippen MR) is 67.7 cm³/mol. The molecule has 0 atom stereocenters. The Bertz CT molecular complexity index is 836. The van der Waals surface area contributed by atoms with Gasteiger partial charge in [-0.05, 0) is 35.0 Å². The van der Waals surface area contributed by atoms with Gasteiger partial charge in [-0.1, -0.05) is 6.07 Å². The second-order valence-electron chi connectivity index (χ2n) is 4.00. The predicted octanol–water partition coefficient (Wildman–Crippen LogP) is 1.48. The molecule has 3 N–H and O–H groups in total. The highest BCUT2D eigenvalue weighted by Crippen LogP contribution is 2.25. The largest absolute Gasteiger partial charge is 0.478 e. The molecule has 0 bridgehead atoms. The van der Waals surface area contributed by atoms with Crippen molar-refractivity contribution in [3.05, 3.63) is 41.5 Å². The molecule has 104 valence electrons. The van der Waals surface area contributed by atoms with Gasteiger partial charge in [0.15, 0.2) is 0 Å². The molecule has 0 aliphatic heterocycles. The number of fused-ring (bicyclic) bond motifs is 1. The van der Waals surface area contributed by atoms with Gasteiger partial charge in [0.1, 0.15) is 4.90 Å². The fourth-order valence-corrected chi connectivity index (χ4v) is 2.49. The average molecular weight is 296 g/mol. The Kier molecular flexibility index (Phi) is 3.20. The monoisotopic (exact) mass is 296 g/mol. The Labute approximate surface area is 112 Å². The van der Waals surface area contributed by atoms with Crippen LogP contribution in [0, 0.1) is 0 Å². The third-order valence-electron chi connectivity index (χ3n) is 2.69. The van der Waals surface area contributed by atoms with E-state index in [4.69, 9.17) is 14.8 Å². The minimum atomic E-state index is -4.73. The van der Waals surface area contributed by atoms with Crippen molar-refractivity contribution in [2.45, 2.75) is 4.90 Å². The summed E-state index contributed by atoms with van der Waals surface area (Å²) in [6.45, 7) is 0. The SMILES string of the molecule is O=C(O)c1ccc2cc(C(=O)O)c(S(=O)(=O)O)cc2c1. The highest BCUT2D eigenvalue weighted by Gasteiger charge is 2.21. The first-order valence-electron chi connectivity index (χ1n) is 5.22. The van der Waals surface area contributed by atoms with Crippen molar-refractivity contribution < 1.29 is 32.8 Å². The number of benzene rings is 2. The minimum absolute atomic E-state index is 0.0816. The first-order valence-corrected chi connectivity index (χ1v) is 6.66. The number of hydrogen-bond donors (Lipinski definition) is 3. The van der Waals surface area contributed by atoms with Crippen LogP contribution in [0.4, 0.5) is 0 Å². The summed E-state index contributed by atoms with van der Waals surface area (Å²) in [6, 6.07) is 5.81. The van der Waals surface area contributed by atoms with Gasteiger partial charge in [-0.3, -0.25) is 4.55 Å². The molecule has 20 heavy (non-hydrogen) atoms. The topological polar surface area (TPSA) is 129 Å². The smallest absolute Gasteiger partial charge is 0.337 e. The standard InChI is InChI=1S/C12H8O7S/c13-11(14)7-2-1-6-4-9(12(15)16)10(20(17,18)19)5-8(6)3-7/h1-5H,(H,13,14)(H,15,16)(H,17,18,19). The molecule has 2 rings (SSSR count). The Morgan fingerprint density at radius 1 is 0.900 bits per heavy atom. The molecule has 0 radical (unpaired) electrons. The van der Waals surface area contributed by atoms with Crippen LogP contribution in [0.15, 0.2) is 35.2 Å². The minimum Gasteiger partial charge on any atom is -0.478 e. The van der Waals surface area contributed by atoms with Gasteiger partial charge in [0.25, 0.3) is 10.1 Å². The molecule has 2 aromatic carbocycles. The van der Waals surface area contributed by atoms with E-state index in [1.165, 1.54) is 18.2 Å². The fourth-order valence-electron chi connectivity index (χ4n) is 1.79. The van der Waals surface area contributed by atoms with Crippen LogP contribution in [0.2, 0.25) is 0 Å². The molecule has 0 aliphatic carbocycles. The summed E-state index contributed by atoms with van der Waals surface area (Å²) in [5, 5.41) is 18.4. The van der Waals surface area contributed by atoms with Crippen molar-refractivity contribution >= 4 is 32.8 Å². The van der Waals surface area contributed by atoms with Gasteiger partial charge in [-0.2, -0.15) is 8.42 Å². The van der Waals surface area contributed by atoms with E-state index in [-0.39, 0.29) is 10.9 Å². The van der Waals surface area contributed by atoms with Crippen LogP contribution < -0.4 is 0 Å². The molecule has 0 amide bonds. The molecule has 0 fully saturated rings. The van der Waals surface area contributed by atoms with E-state index in [1.807, 2.05) is 0 Å². The lowest BCUT2D eigenvalue weighted by Gasteiger charge is -2.06. The lowest BCUT2D eigenvalue weighted by atomic mass is 10.0. The maximum Gasteiger partial charge on any atom is 0.337 e. The molecule has 2 aromatic rings. The van der Waals surface area contributed by atoms with Crippen LogP contribution in [0.5, 0.6) is 0 Å². The number of carboxylic acids is 2. The third kappa shape index (κ3) is 2.46. The van der Waals surface area contributed by atoms with Crippen LogP contribution in [0.1, 0.15) is 20.7 Å². The molecule has 0 spiro atoms. The maximum absolute atomic E-state index is 11.2. The summed E-state index contributed by atoms with van der Waals surface area (Å²) in [6.07, 6.45) is 0. The molecule has 0 saturated carbocycles. The highest BCUT2D eigenvalue weighted by molar-refractivity contribution is 7.86. The molecular formula is C12H8O7S. The molecule has 8 heteroatoms. The normalized spacial score (nSPS) is 11.4. The van der Waals surface area contributed by atoms with E-state index in [9.17, 15) is 18.0 Å². The Morgan fingerprint density at radius 3 is 2.05 bits per heavy atom. The van der Waals surface area contributed by atoms with E-state index >= 15 is 0 Å². The van der Waals surface area contributed by atoms with E-state index < -0.39 is 32.5 Å². The Morgan fingerprint density at radius 2 is 1.55 bits per heavy atom. The van der Waals surface area contributed by atoms with Crippen molar-refractivity contribution in [2.75, 3.05) is 0 Å². The van der Waals surface area contributed by atoms with Crippen molar-refractivity contribution in [3.8, 4) is 0 Å². The van der Waals surface area contributed by atoms with Crippen LogP contribution >= 0.6 is 0 Å². The van der Waals surface area contributed by atoms with Crippen molar-refractivity contribution in [3.63, 3.8) is 0 Å². The zero-order chi connectivity index (χ0) is 15.1. The molecule has 0 unspecified atom stereocenters. The highest BCUT2D eigenvalue weighted by atomic mass is 32.2. The van der Waals surface area contributed by atoms with Gasteiger partial charge in [0, 0.05) is 0 Å². The van der Waals surface area contributed by atoms with Gasteiger partial charge in [0.2, 0.25) is 0 Å². The summed E-state index contributed by atoms with van der Waals surface area (Å²) in [5.74, 6) is -2.72. The van der Waals surface area contributed by atoms with Gasteiger partial charge in [0.05, 0.1) is 11.1 Å². The van der Waals surface area contributed by atoms with Gasteiger partial charge in [-0.25, -0.2) is 9.59 Å². The molecule has 0 aromatic heterocycles. The van der Waals surface area contributed by atoms with E-state index in [0.29, 0.717) is 5.39 Å². The third-order valence-corrected chi connectivity index (χ3v) is 3.59. The fraction of sp³-hybridized carbons (Fsp3) is 0.